The van der Waals surface area contributed by atoms with Crippen LogP contribution in [0.2, 0.25) is 0 Å². The number of carbonyl (C=O) groups is 1. The zero-order chi connectivity index (χ0) is 13.7. The monoisotopic (exact) mass is 278 g/mol. The lowest BCUT2D eigenvalue weighted by atomic mass is 10.1. The molecule has 1 aromatic rings. The number of thioether (sulfide) groups is 1. The summed E-state index contributed by atoms with van der Waals surface area (Å²) in [5, 5.41) is 6.47. The van der Waals surface area contributed by atoms with Gasteiger partial charge in [0, 0.05) is 35.7 Å². The molecule has 0 fully saturated rings. The fraction of sp³-hybridized carbons (Fsp3) is 0.533. The van der Waals surface area contributed by atoms with Gasteiger partial charge < -0.3 is 10.6 Å². The maximum Gasteiger partial charge on any atom is 0.221 e. The first-order chi connectivity index (χ1) is 9.20. The predicted molar refractivity (Wildman–Crippen MR) is 80.4 cm³/mol. The van der Waals surface area contributed by atoms with Crippen LogP contribution in [0, 0.1) is 0 Å². The molecule has 0 aliphatic carbocycles. The zero-order valence-corrected chi connectivity index (χ0v) is 12.4. The van der Waals surface area contributed by atoms with Crippen molar-refractivity contribution in [3.05, 3.63) is 29.8 Å². The molecule has 1 aromatic carbocycles. The van der Waals surface area contributed by atoms with Gasteiger partial charge in [0.2, 0.25) is 5.91 Å². The quantitative estimate of drug-likeness (QED) is 0.840. The average molecular weight is 278 g/mol. The summed E-state index contributed by atoms with van der Waals surface area (Å²) < 4.78 is 0. The molecule has 2 unspecified atom stereocenters. The number of amides is 1. The second kappa shape index (κ2) is 6.96. The Bertz CT molecular complexity index is 436. The van der Waals surface area contributed by atoms with E-state index >= 15 is 0 Å². The first-order valence-electron chi connectivity index (χ1n) is 6.95. The van der Waals surface area contributed by atoms with Gasteiger partial charge in [-0.25, -0.2) is 0 Å². The standard InChI is InChI=1S/C15H22N2OS/c1-3-11(2)17-15(18)8-9-16-13-10-19-14-7-5-4-6-12(13)14/h4-7,11,13,16H,3,8-10H2,1-2H3,(H,17,18). The molecule has 4 heteroatoms. The summed E-state index contributed by atoms with van der Waals surface area (Å²) in [6.07, 6.45) is 1.53. The first kappa shape index (κ1) is 14.4. The molecule has 2 N–H and O–H groups in total. The second-order valence-corrected chi connectivity index (χ2v) is 6.04. The van der Waals surface area contributed by atoms with Gasteiger partial charge in [0.1, 0.15) is 0 Å². The van der Waals surface area contributed by atoms with E-state index in [1.807, 2.05) is 18.7 Å². The predicted octanol–water partition coefficient (Wildman–Crippen LogP) is 2.73. The minimum absolute atomic E-state index is 0.140. The van der Waals surface area contributed by atoms with E-state index in [-0.39, 0.29) is 11.9 Å². The van der Waals surface area contributed by atoms with Crippen molar-refractivity contribution in [3.8, 4) is 0 Å². The molecule has 2 atom stereocenters. The highest BCUT2D eigenvalue weighted by Gasteiger charge is 2.21. The molecule has 1 aliphatic rings. The van der Waals surface area contributed by atoms with E-state index < -0.39 is 0 Å². The highest BCUT2D eigenvalue weighted by atomic mass is 32.2. The Labute approximate surface area is 119 Å². The topological polar surface area (TPSA) is 41.1 Å². The van der Waals surface area contributed by atoms with Gasteiger partial charge in [0.15, 0.2) is 0 Å². The van der Waals surface area contributed by atoms with E-state index in [0.717, 1.165) is 18.7 Å². The molecule has 0 saturated heterocycles. The van der Waals surface area contributed by atoms with Crippen molar-refractivity contribution in [1.82, 2.24) is 10.6 Å². The first-order valence-corrected chi connectivity index (χ1v) is 7.93. The fourth-order valence-electron chi connectivity index (χ4n) is 2.14. The minimum atomic E-state index is 0.140. The molecular formula is C15H22N2OS. The molecule has 3 nitrogen and oxygen atoms in total. The molecule has 0 saturated carbocycles. The third-order valence-corrected chi connectivity index (χ3v) is 4.65. The van der Waals surface area contributed by atoms with Gasteiger partial charge in [0.05, 0.1) is 0 Å². The molecule has 0 radical (unpaired) electrons. The van der Waals surface area contributed by atoms with Gasteiger partial charge in [-0.1, -0.05) is 25.1 Å². The van der Waals surface area contributed by atoms with Crippen LogP contribution in [-0.4, -0.2) is 24.2 Å². The molecule has 19 heavy (non-hydrogen) atoms. The number of fused-ring (bicyclic) bond motifs is 1. The SMILES string of the molecule is CCC(C)NC(=O)CCNC1CSc2ccccc21. The Morgan fingerprint density at radius 3 is 3.05 bits per heavy atom. The molecule has 1 heterocycles. The van der Waals surface area contributed by atoms with Crippen molar-refractivity contribution < 1.29 is 4.79 Å². The Kier molecular flexibility index (Phi) is 5.28. The molecule has 1 amide bonds. The van der Waals surface area contributed by atoms with Gasteiger partial charge in [-0.2, -0.15) is 0 Å². The van der Waals surface area contributed by atoms with Crippen LogP contribution >= 0.6 is 11.8 Å². The lowest BCUT2D eigenvalue weighted by Crippen LogP contribution is -2.34. The Morgan fingerprint density at radius 1 is 1.47 bits per heavy atom. The Hall–Kier alpha value is -1.00. The second-order valence-electron chi connectivity index (χ2n) is 4.98. The number of nitrogens with one attached hydrogen (secondary N) is 2. The van der Waals surface area contributed by atoms with Crippen LogP contribution in [0.3, 0.4) is 0 Å². The van der Waals surface area contributed by atoms with Crippen molar-refractivity contribution in [2.24, 2.45) is 0 Å². The van der Waals surface area contributed by atoms with E-state index in [0.29, 0.717) is 12.5 Å². The third kappa shape index (κ3) is 3.98. The van der Waals surface area contributed by atoms with Crippen LogP contribution < -0.4 is 10.6 Å². The van der Waals surface area contributed by atoms with Crippen LogP contribution in [0.15, 0.2) is 29.2 Å². The van der Waals surface area contributed by atoms with Crippen LogP contribution in [0.5, 0.6) is 0 Å². The number of benzene rings is 1. The molecular weight excluding hydrogens is 256 g/mol. The summed E-state index contributed by atoms with van der Waals surface area (Å²) in [5.74, 6) is 1.20. The maximum absolute atomic E-state index is 11.7. The largest absolute Gasteiger partial charge is 0.354 e. The summed E-state index contributed by atoms with van der Waals surface area (Å²) in [6, 6.07) is 9.15. The average Bonchev–Trinajstić information content (AvgIpc) is 2.82. The van der Waals surface area contributed by atoms with E-state index in [9.17, 15) is 4.79 Å². The number of hydrogen-bond donors (Lipinski definition) is 2. The maximum atomic E-state index is 11.7. The van der Waals surface area contributed by atoms with Gasteiger partial charge in [-0.05, 0) is 25.0 Å². The molecule has 1 aliphatic heterocycles. The number of carbonyl (C=O) groups excluding carboxylic acids is 1. The zero-order valence-electron chi connectivity index (χ0n) is 11.6. The van der Waals surface area contributed by atoms with E-state index in [2.05, 4.69) is 41.8 Å². The molecule has 104 valence electrons. The minimum Gasteiger partial charge on any atom is -0.354 e. The fourth-order valence-corrected chi connectivity index (χ4v) is 3.34. The number of rotatable bonds is 6. The lowest BCUT2D eigenvalue weighted by molar-refractivity contribution is -0.121. The lowest BCUT2D eigenvalue weighted by Gasteiger charge is -2.14. The van der Waals surface area contributed by atoms with Gasteiger partial charge in [-0.3, -0.25) is 4.79 Å². The van der Waals surface area contributed by atoms with E-state index in [1.54, 1.807) is 0 Å². The highest BCUT2D eigenvalue weighted by Crippen LogP contribution is 2.37. The van der Waals surface area contributed by atoms with Crippen molar-refractivity contribution in [1.29, 1.82) is 0 Å². The van der Waals surface area contributed by atoms with Crippen molar-refractivity contribution in [3.63, 3.8) is 0 Å². The van der Waals surface area contributed by atoms with Crippen molar-refractivity contribution >= 4 is 17.7 Å². The van der Waals surface area contributed by atoms with Crippen molar-refractivity contribution in [2.75, 3.05) is 12.3 Å². The number of hydrogen-bond acceptors (Lipinski definition) is 3. The summed E-state index contributed by atoms with van der Waals surface area (Å²) in [6.45, 7) is 4.85. The summed E-state index contributed by atoms with van der Waals surface area (Å²) >= 11 is 1.89. The van der Waals surface area contributed by atoms with Gasteiger partial charge in [0.25, 0.3) is 0 Å². The van der Waals surface area contributed by atoms with Crippen LogP contribution in [0.4, 0.5) is 0 Å². The van der Waals surface area contributed by atoms with E-state index in [1.165, 1.54) is 10.5 Å². The smallest absolute Gasteiger partial charge is 0.221 e. The Morgan fingerprint density at radius 2 is 2.26 bits per heavy atom. The third-order valence-electron chi connectivity index (χ3n) is 3.46. The summed E-state index contributed by atoms with van der Waals surface area (Å²) in [7, 11) is 0. The summed E-state index contributed by atoms with van der Waals surface area (Å²) in [4.78, 5) is 13.0. The van der Waals surface area contributed by atoms with E-state index in [4.69, 9.17) is 0 Å². The molecule has 0 bridgehead atoms. The normalized spacial score (nSPS) is 18.9. The molecule has 0 aromatic heterocycles. The van der Waals surface area contributed by atoms with Crippen molar-refractivity contribution in [2.45, 2.75) is 43.7 Å². The van der Waals surface area contributed by atoms with Crippen LogP contribution in [0.1, 0.15) is 38.3 Å². The Balaban J connectivity index is 1.74. The van der Waals surface area contributed by atoms with Crippen LogP contribution in [0.25, 0.3) is 0 Å². The van der Waals surface area contributed by atoms with Gasteiger partial charge in [-0.15, -0.1) is 11.8 Å². The van der Waals surface area contributed by atoms with Gasteiger partial charge >= 0.3 is 0 Å². The van der Waals surface area contributed by atoms with Crippen LogP contribution in [-0.2, 0) is 4.79 Å². The summed E-state index contributed by atoms with van der Waals surface area (Å²) in [5.41, 5.74) is 1.37. The highest BCUT2D eigenvalue weighted by molar-refractivity contribution is 7.99. The molecule has 2 rings (SSSR count). The molecule has 0 spiro atoms.